The lowest BCUT2D eigenvalue weighted by molar-refractivity contribution is -0.123. The zero-order valence-corrected chi connectivity index (χ0v) is 11.5. The molecule has 0 aromatic carbocycles. The minimum atomic E-state index is -0.0365. The Morgan fingerprint density at radius 1 is 1.19 bits per heavy atom. The van der Waals surface area contributed by atoms with E-state index in [9.17, 15) is 4.79 Å². The molecule has 0 aromatic heterocycles. The molecule has 0 saturated heterocycles. The van der Waals surface area contributed by atoms with Crippen molar-refractivity contribution in [3.63, 3.8) is 0 Å². The van der Waals surface area contributed by atoms with Gasteiger partial charge in [0, 0.05) is 7.05 Å². The van der Waals surface area contributed by atoms with Gasteiger partial charge in [-0.05, 0) is 24.8 Å². The molecule has 0 radical (unpaired) electrons. The van der Waals surface area contributed by atoms with E-state index in [2.05, 4.69) is 38.3 Å². The first-order valence-electron chi connectivity index (χ1n) is 6.50. The van der Waals surface area contributed by atoms with Gasteiger partial charge in [0.1, 0.15) is 0 Å². The van der Waals surface area contributed by atoms with Crippen LogP contribution >= 0.6 is 0 Å². The maximum atomic E-state index is 11.7. The van der Waals surface area contributed by atoms with Gasteiger partial charge in [0.2, 0.25) is 5.91 Å². The van der Waals surface area contributed by atoms with E-state index in [1.165, 1.54) is 12.8 Å². The Morgan fingerprint density at radius 2 is 1.75 bits per heavy atom. The lowest BCUT2D eigenvalue weighted by Gasteiger charge is -2.22. The maximum absolute atomic E-state index is 11.7. The molecular weight excluding hydrogens is 200 g/mol. The van der Waals surface area contributed by atoms with Gasteiger partial charge in [0.05, 0.1) is 6.04 Å². The van der Waals surface area contributed by atoms with Crippen molar-refractivity contribution in [1.29, 1.82) is 0 Å². The molecule has 1 atom stereocenters. The summed E-state index contributed by atoms with van der Waals surface area (Å²) in [6.45, 7) is 9.64. The summed E-state index contributed by atoms with van der Waals surface area (Å²) in [5.41, 5.74) is 0. The molecule has 96 valence electrons. The number of nitrogens with one attached hydrogen (secondary N) is 2. The fraction of sp³-hybridized carbons (Fsp3) is 0.923. The molecule has 0 aliphatic heterocycles. The number of carbonyl (C=O) groups is 1. The van der Waals surface area contributed by atoms with Gasteiger partial charge < -0.3 is 10.6 Å². The van der Waals surface area contributed by atoms with Gasteiger partial charge in [0.25, 0.3) is 0 Å². The molecule has 2 N–H and O–H groups in total. The standard InChI is InChI=1S/C13H28N2O/c1-6-11(7-2)9-15-12(8-10(3)4)13(16)14-5/h10-12,15H,6-9H2,1-5H3,(H,14,16). The Morgan fingerprint density at radius 3 is 2.12 bits per heavy atom. The first kappa shape index (κ1) is 15.4. The van der Waals surface area contributed by atoms with Crippen LogP contribution in [0.3, 0.4) is 0 Å². The molecule has 0 aromatic rings. The van der Waals surface area contributed by atoms with Crippen LogP contribution in [0, 0.1) is 11.8 Å². The third-order valence-corrected chi connectivity index (χ3v) is 3.08. The highest BCUT2D eigenvalue weighted by molar-refractivity contribution is 5.81. The molecule has 0 bridgehead atoms. The van der Waals surface area contributed by atoms with Gasteiger partial charge in [0.15, 0.2) is 0 Å². The molecule has 0 rings (SSSR count). The summed E-state index contributed by atoms with van der Waals surface area (Å²) in [6.07, 6.45) is 3.25. The molecule has 3 heteroatoms. The van der Waals surface area contributed by atoms with E-state index in [1.807, 2.05) is 0 Å². The molecule has 0 spiro atoms. The predicted molar refractivity (Wildman–Crippen MR) is 69.4 cm³/mol. The molecule has 0 fully saturated rings. The van der Waals surface area contributed by atoms with Gasteiger partial charge in [-0.2, -0.15) is 0 Å². The van der Waals surface area contributed by atoms with Crippen LogP contribution in [0.4, 0.5) is 0 Å². The van der Waals surface area contributed by atoms with Crippen molar-refractivity contribution < 1.29 is 4.79 Å². The molecule has 0 saturated carbocycles. The van der Waals surface area contributed by atoms with Crippen molar-refractivity contribution in [3.8, 4) is 0 Å². The van der Waals surface area contributed by atoms with Crippen LogP contribution in [0.5, 0.6) is 0 Å². The second-order valence-corrected chi connectivity index (χ2v) is 4.89. The minimum Gasteiger partial charge on any atom is -0.358 e. The number of carbonyl (C=O) groups excluding carboxylic acids is 1. The largest absolute Gasteiger partial charge is 0.358 e. The Bertz CT molecular complexity index is 188. The third-order valence-electron chi connectivity index (χ3n) is 3.08. The van der Waals surface area contributed by atoms with Crippen LogP contribution in [0.1, 0.15) is 47.0 Å². The maximum Gasteiger partial charge on any atom is 0.236 e. The van der Waals surface area contributed by atoms with Crippen molar-refractivity contribution in [2.24, 2.45) is 11.8 Å². The van der Waals surface area contributed by atoms with E-state index >= 15 is 0 Å². The van der Waals surface area contributed by atoms with E-state index in [0.717, 1.165) is 13.0 Å². The number of rotatable bonds is 8. The van der Waals surface area contributed by atoms with Gasteiger partial charge in [-0.3, -0.25) is 4.79 Å². The highest BCUT2D eigenvalue weighted by atomic mass is 16.2. The predicted octanol–water partition coefficient (Wildman–Crippen LogP) is 2.17. The molecular formula is C13H28N2O. The molecule has 0 heterocycles. The highest BCUT2D eigenvalue weighted by Crippen LogP contribution is 2.09. The third kappa shape index (κ3) is 6.11. The lowest BCUT2D eigenvalue weighted by atomic mass is 10.00. The molecule has 3 nitrogen and oxygen atoms in total. The second-order valence-electron chi connectivity index (χ2n) is 4.89. The minimum absolute atomic E-state index is 0.0365. The number of likely N-dealkylation sites (N-methyl/N-ethyl adjacent to an activating group) is 1. The van der Waals surface area contributed by atoms with Crippen molar-refractivity contribution in [2.45, 2.75) is 53.0 Å². The quantitative estimate of drug-likeness (QED) is 0.668. The summed E-state index contributed by atoms with van der Waals surface area (Å²) < 4.78 is 0. The van der Waals surface area contributed by atoms with Crippen molar-refractivity contribution in [3.05, 3.63) is 0 Å². The normalized spacial score (nSPS) is 13.2. The summed E-state index contributed by atoms with van der Waals surface area (Å²) in [5, 5.41) is 6.12. The van der Waals surface area contributed by atoms with Gasteiger partial charge >= 0.3 is 0 Å². The molecule has 0 aliphatic rings. The zero-order chi connectivity index (χ0) is 12.6. The van der Waals surface area contributed by atoms with E-state index in [-0.39, 0.29) is 11.9 Å². The monoisotopic (exact) mass is 228 g/mol. The fourth-order valence-electron chi connectivity index (χ4n) is 1.81. The summed E-state index contributed by atoms with van der Waals surface area (Å²) in [4.78, 5) is 11.7. The van der Waals surface area contributed by atoms with Crippen molar-refractivity contribution in [1.82, 2.24) is 10.6 Å². The van der Waals surface area contributed by atoms with Crippen LogP contribution in [-0.2, 0) is 4.79 Å². The van der Waals surface area contributed by atoms with E-state index < -0.39 is 0 Å². The topological polar surface area (TPSA) is 41.1 Å². The van der Waals surface area contributed by atoms with Crippen LogP contribution in [0.15, 0.2) is 0 Å². The Labute approximate surface area is 100 Å². The first-order valence-corrected chi connectivity index (χ1v) is 6.50. The van der Waals surface area contributed by atoms with Crippen LogP contribution in [0.25, 0.3) is 0 Å². The van der Waals surface area contributed by atoms with E-state index in [1.54, 1.807) is 7.05 Å². The first-order chi connectivity index (χ1) is 7.54. The Hall–Kier alpha value is -0.570. The van der Waals surface area contributed by atoms with Gasteiger partial charge in [-0.1, -0.05) is 40.5 Å². The smallest absolute Gasteiger partial charge is 0.236 e. The fourth-order valence-corrected chi connectivity index (χ4v) is 1.81. The number of hydrogen-bond acceptors (Lipinski definition) is 2. The molecule has 16 heavy (non-hydrogen) atoms. The SMILES string of the molecule is CCC(CC)CNC(CC(C)C)C(=O)NC. The van der Waals surface area contributed by atoms with E-state index in [0.29, 0.717) is 11.8 Å². The van der Waals surface area contributed by atoms with Crippen LogP contribution in [-0.4, -0.2) is 25.5 Å². The number of hydrogen-bond donors (Lipinski definition) is 2. The van der Waals surface area contributed by atoms with Crippen molar-refractivity contribution in [2.75, 3.05) is 13.6 Å². The Kier molecular flexibility index (Phi) is 8.26. The molecule has 1 amide bonds. The van der Waals surface area contributed by atoms with Gasteiger partial charge in [-0.25, -0.2) is 0 Å². The number of amides is 1. The Balaban J connectivity index is 4.15. The van der Waals surface area contributed by atoms with E-state index in [4.69, 9.17) is 0 Å². The summed E-state index contributed by atoms with van der Waals surface area (Å²) >= 11 is 0. The summed E-state index contributed by atoms with van der Waals surface area (Å²) in [7, 11) is 1.70. The molecule has 1 unspecified atom stereocenters. The highest BCUT2D eigenvalue weighted by Gasteiger charge is 2.18. The second kappa shape index (κ2) is 8.57. The van der Waals surface area contributed by atoms with Gasteiger partial charge in [-0.15, -0.1) is 0 Å². The summed E-state index contributed by atoms with van der Waals surface area (Å²) in [5.74, 6) is 1.33. The zero-order valence-electron chi connectivity index (χ0n) is 11.5. The lowest BCUT2D eigenvalue weighted by Crippen LogP contribution is -2.45. The van der Waals surface area contributed by atoms with Crippen molar-refractivity contribution >= 4 is 5.91 Å². The van der Waals surface area contributed by atoms with Crippen LogP contribution < -0.4 is 10.6 Å². The average Bonchev–Trinajstić information content (AvgIpc) is 2.27. The average molecular weight is 228 g/mol. The molecule has 0 aliphatic carbocycles. The summed E-state index contributed by atoms with van der Waals surface area (Å²) in [6, 6.07) is -0.0365. The van der Waals surface area contributed by atoms with Crippen LogP contribution in [0.2, 0.25) is 0 Å².